The summed E-state index contributed by atoms with van der Waals surface area (Å²) in [7, 11) is -9.65. The number of carbonyl (C=O) groups excluding carboxylic acids is 1. The number of hydrogen-bond acceptors (Lipinski definition) is 5. The van der Waals surface area contributed by atoms with Crippen molar-refractivity contribution in [1.82, 2.24) is 0 Å². The molecule has 0 rings (SSSR count). The first kappa shape index (κ1) is 28.2. The van der Waals surface area contributed by atoms with Gasteiger partial charge in [0.25, 0.3) is 0 Å². The zero-order valence-electron chi connectivity index (χ0n) is 19.4. The summed E-state index contributed by atoms with van der Waals surface area (Å²) >= 11 is 0. The minimum atomic E-state index is -3.07. The number of rotatable bonds is 15. The standard InChI is InChI=1S/C20H40O5Si4/c1-12-20(21)22-19(5)17-16-18-29(23-26(6,7)13-2,24-27(8,9)14-3)25-28(10,11)15-4/h12-15,19H,1-4,16-18H2,5-11H3. The van der Waals surface area contributed by atoms with E-state index in [4.69, 9.17) is 17.1 Å². The summed E-state index contributed by atoms with van der Waals surface area (Å²) in [5, 5.41) is 0. The van der Waals surface area contributed by atoms with Gasteiger partial charge in [0.1, 0.15) is 0 Å². The van der Waals surface area contributed by atoms with Crippen LogP contribution in [0, 0.1) is 0 Å². The lowest BCUT2D eigenvalue weighted by Gasteiger charge is -2.43. The third kappa shape index (κ3) is 11.2. The molecular weight excluding hydrogens is 433 g/mol. The van der Waals surface area contributed by atoms with Crippen LogP contribution in [-0.4, -0.2) is 45.8 Å². The molecule has 1 atom stereocenters. The molecule has 0 aromatic heterocycles. The Kier molecular flexibility index (Phi) is 11.2. The summed E-state index contributed by atoms with van der Waals surface area (Å²) in [5.41, 5.74) is 5.71. The Labute approximate surface area is 182 Å². The summed E-state index contributed by atoms with van der Waals surface area (Å²) in [4.78, 5) is 11.4. The zero-order valence-corrected chi connectivity index (χ0v) is 23.4. The quantitative estimate of drug-likeness (QED) is 0.175. The second kappa shape index (κ2) is 11.5. The Morgan fingerprint density at radius 1 is 0.828 bits per heavy atom. The molecule has 0 saturated heterocycles. The van der Waals surface area contributed by atoms with Crippen LogP contribution in [0.3, 0.4) is 0 Å². The third-order valence-electron chi connectivity index (χ3n) is 4.31. The van der Waals surface area contributed by atoms with Gasteiger partial charge in [0.2, 0.25) is 25.0 Å². The molecular formula is C20H40O5Si4. The van der Waals surface area contributed by atoms with Crippen LogP contribution in [0.4, 0.5) is 0 Å². The van der Waals surface area contributed by atoms with E-state index in [9.17, 15) is 4.79 Å². The predicted octanol–water partition coefficient (Wildman–Crippen LogP) is 5.66. The molecule has 0 aromatic rings. The van der Waals surface area contributed by atoms with Gasteiger partial charge < -0.3 is 17.1 Å². The monoisotopic (exact) mass is 472 g/mol. The van der Waals surface area contributed by atoms with E-state index in [-0.39, 0.29) is 6.10 Å². The highest BCUT2D eigenvalue weighted by atomic mass is 28.5. The number of hydrogen-bond donors (Lipinski definition) is 0. The maximum Gasteiger partial charge on any atom is 0.470 e. The molecule has 0 aromatic carbocycles. The van der Waals surface area contributed by atoms with Gasteiger partial charge in [-0.25, -0.2) is 4.79 Å². The Morgan fingerprint density at radius 3 is 1.52 bits per heavy atom. The second-order valence-corrected chi connectivity index (χ2v) is 23.9. The van der Waals surface area contributed by atoms with Crippen molar-refractivity contribution in [3.63, 3.8) is 0 Å². The molecule has 0 aliphatic carbocycles. The summed E-state index contributed by atoms with van der Waals surface area (Å²) in [6.07, 6.45) is 2.40. The SMILES string of the molecule is C=CC(=O)OC(C)CCC[Si](O[Si](C)(C)C=C)(O[Si](C)(C)C=C)O[Si](C)(C)C=C. The predicted molar refractivity (Wildman–Crippen MR) is 132 cm³/mol. The van der Waals surface area contributed by atoms with Crippen molar-refractivity contribution >= 4 is 39.7 Å². The molecule has 0 saturated carbocycles. The van der Waals surface area contributed by atoms with Gasteiger partial charge in [0.15, 0.2) is 0 Å². The van der Waals surface area contributed by atoms with Crippen LogP contribution >= 0.6 is 0 Å². The maximum absolute atomic E-state index is 11.4. The lowest BCUT2D eigenvalue weighted by Crippen LogP contribution is -2.61. The van der Waals surface area contributed by atoms with Gasteiger partial charge in [0.05, 0.1) is 6.10 Å². The van der Waals surface area contributed by atoms with E-state index in [1.54, 1.807) is 0 Å². The van der Waals surface area contributed by atoms with Crippen LogP contribution in [0.5, 0.6) is 0 Å². The fourth-order valence-electron chi connectivity index (χ4n) is 2.45. The lowest BCUT2D eigenvalue weighted by atomic mass is 10.2. The van der Waals surface area contributed by atoms with Crippen LogP contribution in [0.25, 0.3) is 0 Å². The van der Waals surface area contributed by atoms with E-state index in [2.05, 4.69) is 65.6 Å². The Hall–Kier alpha value is -0.822. The van der Waals surface area contributed by atoms with Crippen molar-refractivity contribution in [3.8, 4) is 0 Å². The van der Waals surface area contributed by atoms with Crippen LogP contribution in [0.15, 0.2) is 49.5 Å². The van der Waals surface area contributed by atoms with E-state index >= 15 is 0 Å². The summed E-state index contributed by atoms with van der Waals surface area (Å²) in [6, 6.07) is 0.641. The topological polar surface area (TPSA) is 54.0 Å². The van der Waals surface area contributed by atoms with Crippen LogP contribution in [0.1, 0.15) is 19.8 Å². The summed E-state index contributed by atoms with van der Waals surface area (Å²) in [5.74, 6) is -0.412. The Bertz CT molecular complexity index is 547. The van der Waals surface area contributed by atoms with Gasteiger partial charge in [0, 0.05) is 12.1 Å². The first-order valence-corrected chi connectivity index (χ1v) is 20.9. The van der Waals surface area contributed by atoms with Crippen LogP contribution in [0.2, 0.25) is 45.3 Å². The molecule has 0 radical (unpaired) electrons. The van der Waals surface area contributed by atoms with Gasteiger partial charge in [-0.2, -0.15) is 0 Å². The highest BCUT2D eigenvalue weighted by Crippen LogP contribution is 2.31. The van der Waals surface area contributed by atoms with Gasteiger partial charge in [-0.3, -0.25) is 0 Å². The lowest BCUT2D eigenvalue weighted by molar-refractivity contribution is -0.142. The smallest absolute Gasteiger partial charge is 0.460 e. The minimum absolute atomic E-state index is 0.217. The van der Waals surface area contributed by atoms with Crippen molar-refractivity contribution in [1.29, 1.82) is 0 Å². The van der Waals surface area contributed by atoms with E-state index in [1.165, 1.54) is 6.08 Å². The largest absolute Gasteiger partial charge is 0.470 e. The molecule has 5 nitrogen and oxygen atoms in total. The van der Waals surface area contributed by atoms with Crippen molar-refractivity contribution < 1.29 is 21.9 Å². The normalized spacial score (nSPS) is 14.0. The molecule has 0 bridgehead atoms. The van der Waals surface area contributed by atoms with Crippen molar-refractivity contribution in [2.24, 2.45) is 0 Å². The van der Waals surface area contributed by atoms with E-state index in [0.717, 1.165) is 6.42 Å². The van der Waals surface area contributed by atoms with Crippen molar-refractivity contribution in [3.05, 3.63) is 49.5 Å². The van der Waals surface area contributed by atoms with Crippen LogP contribution in [-0.2, 0) is 21.9 Å². The molecule has 0 aliphatic heterocycles. The average molecular weight is 473 g/mol. The fraction of sp³-hybridized carbons (Fsp3) is 0.550. The second-order valence-electron chi connectivity index (χ2n) is 8.76. The molecule has 0 amide bonds. The molecule has 166 valence electrons. The Morgan fingerprint density at radius 2 is 1.21 bits per heavy atom. The molecule has 0 N–H and O–H groups in total. The number of ether oxygens (including phenoxy) is 1. The molecule has 0 spiro atoms. The van der Waals surface area contributed by atoms with Crippen molar-refractivity contribution in [2.75, 3.05) is 0 Å². The molecule has 0 aliphatic rings. The van der Waals surface area contributed by atoms with Crippen LogP contribution < -0.4 is 0 Å². The molecule has 1 unspecified atom stereocenters. The van der Waals surface area contributed by atoms with E-state index < -0.39 is 39.7 Å². The fourth-order valence-corrected chi connectivity index (χ4v) is 16.6. The van der Waals surface area contributed by atoms with E-state index in [1.807, 2.05) is 24.0 Å². The third-order valence-corrected chi connectivity index (χ3v) is 18.3. The van der Waals surface area contributed by atoms with E-state index in [0.29, 0.717) is 12.5 Å². The van der Waals surface area contributed by atoms with Gasteiger partial charge in [-0.1, -0.05) is 23.7 Å². The zero-order chi connectivity index (χ0) is 22.9. The highest BCUT2D eigenvalue weighted by molar-refractivity contribution is 6.93. The molecule has 29 heavy (non-hydrogen) atoms. The summed E-state index contributed by atoms with van der Waals surface area (Å²) in [6.45, 7) is 29.8. The van der Waals surface area contributed by atoms with Gasteiger partial charge >= 0.3 is 14.8 Å². The first-order valence-electron chi connectivity index (χ1n) is 10.00. The van der Waals surface area contributed by atoms with Gasteiger partial charge in [-0.05, 0) is 59.0 Å². The first-order chi connectivity index (χ1) is 13.2. The highest BCUT2D eigenvalue weighted by Gasteiger charge is 2.50. The summed E-state index contributed by atoms with van der Waals surface area (Å²) < 4.78 is 25.4. The molecule has 9 heteroatoms. The van der Waals surface area contributed by atoms with Crippen molar-refractivity contribution in [2.45, 2.75) is 71.2 Å². The average Bonchev–Trinajstić information content (AvgIpc) is 2.60. The maximum atomic E-state index is 11.4. The molecule has 0 fully saturated rings. The number of carbonyl (C=O) groups is 1. The minimum Gasteiger partial charge on any atom is -0.460 e. The Balaban J connectivity index is 5.77. The number of esters is 1. The van der Waals surface area contributed by atoms with Gasteiger partial charge in [-0.15, -0.1) is 19.7 Å². The molecule has 0 heterocycles.